The van der Waals surface area contributed by atoms with Crippen molar-refractivity contribution < 1.29 is 9.21 Å². The second-order valence-electron chi connectivity index (χ2n) is 6.08. The maximum atomic E-state index is 12.6. The molecule has 0 unspecified atom stereocenters. The van der Waals surface area contributed by atoms with Crippen molar-refractivity contribution in [3.8, 4) is 11.3 Å². The summed E-state index contributed by atoms with van der Waals surface area (Å²) in [7, 11) is 1.76. The van der Waals surface area contributed by atoms with Crippen LogP contribution in [0.15, 0.2) is 34.9 Å². The number of hydrogen-bond acceptors (Lipinski definition) is 4. The molecule has 1 aromatic rings. The van der Waals surface area contributed by atoms with Gasteiger partial charge in [-0.2, -0.15) is 0 Å². The van der Waals surface area contributed by atoms with Crippen molar-refractivity contribution in [2.75, 3.05) is 7.05 Å². The SMILES string of the molecule is CN(C(=O)c1nnc2c3ccccc3occ1-2)C(C)(C)C. The standard InChI is InChI=1S/C16H17N3O2/c1-16(2,3)19(4)15(20)14-11-9-21-12-8-6-5-7-10(12)13(11)17-18-14/h5-9H,1-4H3. The lowest BCUT2D eigenvalue weighted by molar-refractivity contribution is 0.0650. The van der Waals surface area contributed by atoms with E-state index in [4.69, 9.17) is 4.42 Å². The highest BCUT2D eigenvalue weighted by Crippen LogP contribution is 2.32. The van der Waals surface area contributed by atoms with Gasteiger partial charge in [-0.25, -0.2) is 0 Å². The number of benzene rings is 1. The van der Waals surface area contributed by atoms with Gasteiger partial charge >= 0.3 is 0 Å². The summed E-state index contributed by atoms with van der Waals surface area (Å²) in [5, 5.41) is 9.11. The quantitative estimate of drug-likeness (QED) is 0.688. The predicted molar refractivity (Wildman–Crippen MR) is 80.3 cm³/mol. The Labute approximate surface area is 122 Å². The maximum Gasteiger partial charge on any atom is 0.275 e. The minimum atomic E-state index is -0.281. The molecule has 0 N–H and O–H groups in total. The summed E-state index contributed by atoms with van der Waals surface area (Å²) in [4.78, 5) is 14.2. The molecule has 0 aromatic heterocycles. The lowest BCUT2D eigenvalue weighted by atomic mass is 10.0. The molecule has 0 saturated carbocycles. The van der Waals surface area contributed by atoms with E-state index in [-0.39, 0.29) is 11.4 Å². The molecular formula is C16H17N3O2. The van der Waals surface area contributed by atoms with Crippen LogP contribution < -0.4 is 0 Å². The molecule has 1 amide bonds. The van der Waals surface area contributed by atoms with Gasteiger partial charge < -0.3 is 9.32 Å². The molecule has 21 heavy (non-hydrogen) atoms. The van der Waals surface area contributed by atoms with Crippen molar-refractivity contribution in [3.63, 3.8) is 0 Å². The van der Waals surface area contributed by atoms with Crippen LogP contribution in [0.25, 0.3) is 22.2 Å². The lowest BCUT2D eigenvalue weighted by Crippen LogP contribution is -2.42. The Morgan fingerprint density at radius 2 is 1.90 bits per heavy atom. The van der Waals surface area contributed by atoms with Gasteiger partial charge in [0.25, 0.3) is 5.91 Å². The molecule has 0 bridgehead atoms. The molecule has 0 atom stereocenters. The molecule has 3 rings (SSSR count). The zero-order chi connectivity index (χ0) is 15.2. The fourth-order valence-electron chi connectivity index (χ4n) is 2.14. The monoisotopic (exact) mass is 283 g/mol. The third kappa shape index (κ3) is 2.14. The van der Waals surface area contributed by atoms with Gasteiger partial charge in [-0.15, -0.1) is 10.2 Å². The second kappa shape index (κ2) is 4.55. The van der Waals surface area contributed by atoms with Gasteiger partial charge in [-0.3, -0.25) is 4.79 Å². The largest absolute Gasteiger partial charge is 0.463 e. The third-order valence-electron chi connectivity index (χ3n) is 3.72. The summed E-state index contributed by atoms with van der Waals surface area (Å²) < 4.78 is 5.59. The molecule has 0 saturated heterocycles. The van der Waals surface area contributed by atoms with E-state index in [1.54, 1.807) is 18.2 Å². The van der Waals surface area contributed by atoms with Crippen molar-refractivity contribution in [2.24, 2.45) is 0 Å². The average molecular weight is 283 g/mol. The fraction of sp³-hybridized carbons (Fsp3) is 0.312. The van der Waals surface area contributed by atoms with Crippen molar-refractivity contribution in [2.45, 2.75) is 26.3 Å². The summed E-state index contributed by atoms with van der Waals surface area (Å²) in [5.74, 6) is -0.157. The van der Waals surface area contributed by atoms with Gasteiger partial charge in [0, 0.05) is 18.0 Å². The van der Waals surface area contributed by atoms with Gasteiger partial charge in [0.15, 0.2) is 5.69 Å². The number of carbonyl (C=O) groups excluding carboxylic acids is 1. The zero-order valence-electron chi connectivity index (χ0n) is 12.5. The number of amides is 1. The second-order valence-corrected chi connectivity index (χ2v) is 6.08. The maximum absolute atomic E-state index is 12.6. The molecule has 0 fully saturated rings. The van der Waals surface area contributed by atoms with Crippen molar-refractivity contribution in [3.05, 3.63) is 36.2 Å². The Kier molecular flexibility index (Phi) is 2.93. The van der Waals surface area contributed by atoms with E-state index in [2.05, 4.69) is 10.2 Å². The van der Waals surface area contributed by atoms with Crippen molar-refractivity contribution >= 4 is 16.9 Å². The van der Waals surface area contributed by atoms with E-state index >= 15 is 0 Å². The van der Waals surface area contributed by atoms with Crippen molar-refractivity contribution in [1.29, 1.82) is 0 Å². The Balaban J connectivity index is 2.12. The van der Waals surface area contributed by atoms with E-state index in [0.717, 1.165) is 11.0 Å². The molecule has 2 aliphatic heterocycles. The molecule has 0 spiro atoms. The van der Waals surface area contributed by atoms with Gasteiger partial charge in [0.2, 0.25) is 0 Å². The van der Waals surface area contributed by atoms with Crippen LogP contribution in [0.4, 0.5) is 0 Å². The highest BCUT2D eigenvalue weighted by molar-refractivity contribution is 6.03. The van der Waals surface area contributed by atoms with Crippen LogP contribution in [0.2, 0.25) is 0 Å². The van der Waals surface area contributed by atoms with Gasteiger partial charge in [-0.1, -0.05) is 12.1 Å². The lowest BCUT2D eigenvalue weighted by Gasteiger charge is -2.31. The third-order valence-corrected chi connectivity index (χ3v) is 3.72. The zero-order valence-corrected chi connectivity index (χ0v) is 12.5. The molecule has 5 heteroatoms. The van der Waals surface area contributed by atoms with Crippen LogP contribution in [-0.4, -0.2) is 33.6 Å². The summed E-state index contributed by atoms with van der Waals surface area (Å²) in [5.41, 5.74) is 2.12. The van der Waals surface area contributed by atoms with E-state index in [0.29, 0.717) is 17.0 Å². The van der Waals surface area contributed by atoms with Crippen LogP contribution in [0.5, 0.6) is 0 Å². The first kappa shape index (κ1) is 13.5. The van der Waals surface area contributed by atoms with E-state index in [1.807, 2.05) is 45.0 Å². The predicted octanol–water partition coefficient (Wildman–Crippen LogP) is 3.20. The van der Waals surface area contributed by atoms with Crippen LogP contribution in [0.1, 0.15) is 31.3 Å². The first-order valence-corrected chi connectivity index (χ1v) is 6.80. The molecule has 0 radical (unpaired) electrons. The number of carbonyl (C=O) groups is 1. The number of aromatic nitrogens is 2. The molecule has 1 aromatic carbocycles. The summed E-state index contributed by atoms with van der Waals surface area (Å²) in [6.07, 6.45) is 1.56. The van der Waals surface area contributed by atoms with Gasteiger partial charge in [0.05, 0.1) is 5.56 Å². The molecule has 2 aliphatic rings. The van der Waals surface area contributed by atoms with Crippen LogP contribution in [0, 0.1) is 0 Å². The summed E-state index contributed by atoms with van der Waals surface area (Å²) >= 11 is 0. The van der Waals surface area contributed by atoms with Gasteiger partial charge in [-0.05, 0) is 32.9 Å². The number of para-hydroxylation sites is 1. The number of fused-ring (bicyclic) bond motifs is 3. The first-order chi connectivity index (χ1) is 9.89. The van der Waals surface area contributed by atoms with E-state index in [1.165, 1.54) is 0 Å². The average Bonchev–Trinajstić information content (AvgIpc) is 2.89. The summed E-state index contributed by atoms with van der Waals surface area (Å²) in [6, 6.07) is 7.59. The molecule has 5 nitrogen and oxygen atoms in total. The fourth-order valence-corrected chi connectivity index (χ4v) is 2.14. The number of hydrogen-bond donors (Lipinski definition) is 0. The summed E-state index contributed by atoms with van der Waals surface area (Å²) in [6.45, 7) is 5.93. The minimum Gasteiger partial charge on any atom is -0.463 e. The Morgan fingerprint density at radius 3 is 2.62 bits per heavy atom. The highest BCUT2D eigenvalue weighted by atomic mass is 16.3. The normalized spacial score (nSPS) is 12.0. The van der Waals surface area contributed by atoms with Crippen molar-refractivity contribution in [1.82, 2.24) is 15.1 Å². The molecule has 108 valence electrons. The molecule has 2 heterocycles. The number of rotatable bonds is 1. The molecular weight excluding hydrogens is 266 g/mol. The van der Waals surface area contributed by atoms with E-state index < -0.39 is 0 Å². The van der Waals surface area contributed by atoms with Crippen LogP contribution in [-0.2, 0) is 0 Å². The molecule has 0 aliphatic carbocycles. The van der Waals surface area contributed by atoms with Crippen LogP contribution >= 0.6 is 0 Å². The van der Waals surface area contributed by atoms with E-state index in [9.17, 15) is 4.79 Å². The number of nitrogens with zero attached hydrogens (tertiary/aromatic N) is 3. The smallest absolute Gasteiger partial charge is 0.275 e. The highest BCUT2D eigenvalue weighted by Gasteiger charge is 2.29. The Bertz CT molecular complexity index is 786. The van der Waals surface area contributed by atoms with Gasteiger partial charge in [0.1, 0.15) is 17.5 Å². The topological polar surface area (TPSA) is 59.2 Å². The van der Waals surface area contributed by atoms with Crippen LogP contribution in [0.3, 0.4) is 0 Å². The Hall–Kier alpha value is -2.43. The minimum absolute atomic E-state index is 0.157. The Morgan fingerprint density at radius 1 is 1.19 bits per heavy atom. The first-order valence-electron chi connectivity index (χ1n) is 6.80.